The molecule has 0 aliphatic rings. The number of carbonyl (C=O) groups excluding carboxylic acids is 1. The molecule has 0 spiro atoms. The summed E-state index contributed by atoms with van der Waals surface area (Å²) >= 11 is 0. The smallest absolute Gasteiger partial charge is 0.223 e. The van der Waals surface area contributed by atoms with E-state index in [0.717, 1.165) is 38.5 Å². The van der Waals surface area contributed by atoms with Gasteiger partial charge in [0.15, 0.2) is 0 Å². The molecule has 31 heavy (non-hydrogen) atoms. The lowest BCUT2D eigenvalue weighted by Gasteiger charge is -2.33. The van der Waals surface area contributed by atoms with Crippen LogP contribution in [0.5, 0.6) is 0 Å². The van der Waals surface area contributed by atoms with Crippen molar-refractivity contribution in [1.29, 1.82) is 0 Å². The minimum atomic E-state index is 0.186. The summed E-state index contributed by atoms with van der Waals surface area (Å²) in [4.78, 5) is 23.7. The van der Waals surface area contributed by atoms with Crippen LogP contribution in [0.2, 0.25) is 0 Å². The van der Waals surface area contributed by atoms with E-state index in [1.165, 1.54) is 16.7 Å². The molecular formula is C27H33N3O. The molecule has 0 saturated carbocycles. The van der Waals surface area contributed by atoms with Crippen molar-refractivity contribution in [1.82, 2.24) is 14.9 Å². The van der Waals surface area contributed by atoms with Crippen molar-refractivity contribution >= 4 is 5.91 Å². The maximum absolute atomic E-state index is 13.3. The highest BCUT2D eigenvalue weighted by molar-refractivity contribution is 5.76. The molecule has 0 unspecified atom stereocenters. The molecule has 4 nitrogen and oxygen atoms in total. The van der Waals surface area contributed by atoms with Crippen LogP contribution in [-0.4, -0.2) is 26.8 Å². The fourth-order valence-electron chi connectivity index (χ4n) is 3.89. The van der Waals surface area contributed by atoms with Gasteiger partial charge in [-0.2, -0.15) is 0 Å². The SMILES string of the molecule is CCCCC(=O)N(Cc1ccccc1)C(CCc1ccncc1)CCc1ccncc1. The summed E-state index contributed by atoms with van der Waals surface area (Å²) in [6, 6.07) is 18.8. The largest absolute Gasteiger partial charge is 0.335 e. The van der Waals surface area contributed by atoms with Crippen LogP contribution in [0.25, 0.3) is 0 Å². The van der Waals surface area contributed by atoms with Crippen LogP contribution in [0.15, 0.2) is 79.4 Å². The van der Waals surface area contributed by atoms with E-state index in [1.807, 2.05) is 43.0 Å². The zero-order chi connectivity index (χ0) is 21.7. The standard InChI is InChI=1S/C27H33N3O/c1-2-3-9-27(31)30(22-25-7-5-4-6-8-25)26(12-10-23-14-18-28-19-15-23)13-11-24-16-20-29-21-17-24/h4-8,14-21,26H,2-3,9-13,22H2,1H3. The number of rotatable bonds is 12. The van der Waals surface area contributed by atoms with Gasteiger partial charge in [0.1, 0.15) is 0 Å². The van der Waals surface area contributed by atoms with E-state index >= 15 is 0 Å². The van der Waals surface area contributed by atoms with E-state index in [-0.39, 0.29) is 11.9 Å². The van der Waals surface area contributed by atoms with Crippen LogP contribution in [0, 0.1) is 0 Å². The van der Waals surface area contributed by atoms with Gasteiger partial charge < -0.3 is 4.90 Å². The second kappa shape index (κ2) is 12.6. The molecule has 1 aromatic carbocycles. The van der Waals surface area contributed by atoms with Crippen molar-refractivity contribution in [2.24, 2.45) is 0 Å². The van der Waals surface area contributed by atoms with Crippen LogP contribution in [0.3, 0.4) is 0 Å². The maximum atomic E-state index is 13.3. The highest BCUT2D eigenvalue weighted by Gasteiger charge is 2.23. The number of carbonyl (C=O) groups is 1. The maximum Gasteiger partial charge on any atom is 0.223 e. The molecule has 2 aromatic heterocycles. The second-order valence-corrected chi connectivity index (χ2v) is 8.05. The fraction of sp³-hybridized carbons (Fsp3) is 0.370. The molecule has 2 heterocycles. The zero-order valence-electron chi connectivity index (χ0n) is 18.5. The summed E-state index contributed by atoms with van der Waals surface area (Å²) in [5.74, 6) is 0.264. The van der Waals surface area contributed by atoms with E-state index in [4.69, 9.17) is 0 Å². The van der Waals surface area contributed by atoms with Crippen LogP contribution in [0.4, 0.5) is 0 Å². The van der Waals surface area contributed by atoms with Gasteiger partial charge in [0.2, 0.25) is 5.91 Å². The Morgan fingerprint density at radius 1 is 0.806 bits per heavy atom. The van der Waals surface area contributed by atoms with Gasteiger partial charge in [-0.3, -0.25) is 14.8 Å². The molecule has 1 amide bonds. The van der Waals surface area contributed by atoms with Crippen LogP contribution < -0.4 is 0 Å². The third-order valence-corrected chi connectivity index (χ3v) is 5.73. The highest BCUT2D eigenvalue weighted by Crippen LogP contribution is 2.20. The average molecular weight is 416 g/mol. The zero-order valence-corrected chi connectivity index (χ0v) is 18.5. The van der Waals surface area contributed by atoms with Gasteiger partial charge in [-0.15, -0.1) is 0 Å². The number of nitrogens with zero attached hydrogens (tertiary/aromatic N) is 3. The molecule has 0 atom stereocenters. The first-order valence-electron chi connectivity index (χ1n) is 11.4. The Morgan fingerprint density at radius 2 is 1.35 bits per heavy atom. The molecule has 0 aliphatic heterocycles. The molecule has 4 heteroatoms. The molecule has 3 rings (SSSR count). The van der Waals surface area contributed by atoms with Crippen molar-refractivity contribution in [3.63, 3.8) is 0 Å². The minimum absolute atomic E-state index is 0.186. The summed E-state index contributed by atoms with van der Waals surface area (Å²) in [6.45, 7) is 2.81. The fourth-order valence-corrected chi connectivity index (χ4v) is 3.89. The minimum Gasteiger partial charge on any atom is -0.335 e. The summed E-state index contributed by atoms with van der Waals surface area (Å²) < 4.78 is 0. The predicted molar refractivity (Wildman–Crippen MR) is 125 cm³/mol. The number of benzene rings is 1. The molecule has 0 N–H and O–H groups in total. The van der Waals surface area contributed by atoms with Crippen molar-refractivity contribution < 1.29 is 4.79 Å². The Kier molecular flexibility index (Phi) is 9.24. The van der Waals surface area contributed by atoms with Crippen molar-refractivity contribution in [3.05, 3.63) is 96.1 Å². The summed E-state index contributed by atoms with van der Waals surface area (Å²) in [5, 5.41) is 0. The molecule has 0 aliphatic carbocycles. The number of amides is 1. The number of unbranched alkanes of at least 4 members (excludes halogenated alkanes) is 1. The quantitative estimate of drug-likeness (QED) is 0.385. The van der Waals surface area contributed by atoms with Crippen LogP contribution in [-0.2, 0) is 24.2 Å². The number of pyridine rings is 2. The molecular weight excluding hydrogens is 382 g/mol. The lowest BCUT2D eigenvalue weighted by molar-refractivity contribution is -0.134. The summed E-state index contributed by atoms with van der Waals surface area (Å²) in [7, 11) is 0. The van der Waals surface area contributed by atoms with Gasteiger partial charge in [0.05, 0.1) is 0 Å². The first-order chi connectivity index (χ1) is 15.3. The van der Waals surface area contributed by atoms with Gasteiger partial charge >= 0.3 is 0 Å². The molecule has 3 aromatic rings. The topological polar surface area (TPSA) is 46.1 Å². The number of hydrogen-bond acceptors (Lipinski definition) is 3. The third kappa shape index (κ3) is 7.63. The molecule has 162 valence electrons. The summed E-state index contributed by atoms with van der Waals surface area (Å²) in [5.41, 5.74) is 3.72. The molecule has 0 bridgehead atoms. The van der Waals surface area contributed by atoms with Gasteiger partial charge in [0.25, 0.3) is 0 Å². The van der Waals surface area contributed by atoms with E-state index in [1.54, 1.807) is 0 Å². The molecule has 0 radical (unpaired) electrons. The average Bonchev–Trinajstić information content (AvgIpc) is 2.83. The van der Waals surface area contributed by atoms with E-state index in [2.05, 4.69) is 58.2 Å². The van der Waals surface area contributed by atoms with Gasteiger partial charge in [0, 0.05) is 43.8 Å². The van der Waals surface area contributed by atoms with Gasteiger partial charge in [-0.1, -0.05) is 43.7 Å². The highest BCUT2D eigenvalue weighted by atomic mass is 16.2. The van der Waals surface area contributed by atoms with E-state index in [0.29, 0.717) is 13.0 Å². The van der Waals surface area contributed by atoms with Crippen molar-refractivity contribution in [2.75, 3.05) is 0 Å². The Hall–Kier alpha value is -3.01. The number of aryl methyl sites for hydroxylation is 2. The molecule has 0 fully saturated rings. The monoisotopic (exact) mass is 415 g/mol. The number of aromatic nitrogens is 2. The second-order valence-electron chi connectivity index (χ2n) is 8.05. The Labute approximate surface area is 186 Å². The molecule has 0 saturated heterocycles. The van der Waals surface area contributed by atoms with Crippen LogP contribution >= 0.6 is 0 Å². The Bertz CT molecular complexity index is 841. The Balaban J connectivity index is 1.79. The third-order valence-electron chi connectivity index (χ3n) is 5.73. The lowest BCUT2D eigenvalue weighted by atomic mass is 9.97. The normalized spacial score (nSPS) is 10.9. The predicted octanol–water partition coefficient (Wildman–Crippen LogP) is 5.63. The summed E-state index contributed by atoms with van der Waals surface area (Å²) in [6.07, 6.45) is 13.7. The van der Waals surface area contributed by atoms with E-state index in [9.17, 15) is 4.79 Å². The van der Waals surface area contributed by atoms with Gasteiger partial charge in [-0.05, 0) is 73.1 Å². The van der Waals surface area contributed by atoms with Crippen molar-refractivity contribution in [2.45, 2.75) is 64.5 Å². The lowest BCUT2D eigenvalue weighted by Crippen LogP contribution is -2.40. The van der Waals surface area contributed by atoms with Crippen LogP contribution in [0.1, 0.15) is 55.7 Å². The van der Waals surface area contributed by atoms with E-state index < -0.39 is 0 Å². The van der Waals surface area contributed by atoms with Crippen molar-refractivity contribution in [3.8, 4) is 0 Å². The number of hydrogen-bond donors (Lipinski definition) is 0. The first-order valence-corrected chi connectivity index (χ1v) is 11.4. The first kappa shape index (κ1) is 22.7. The van der Waals surface area contributed by atoms with Gasteiger partial charge in [-0.25, -0.2) is 0 Å². The Morgan fingerprint density at radius 3 is 1.87 bits per heavy atom.